The van der Waals surface area contributed by atoms with Crippen molar-refractivity contribution >= 4 is 20.8 Å². The molecule has 1 N–H and O–H groups in total. The molecule has 0 saturated carbocycles. The largest absolute Gasteiger partial charge is 0.416 e. The van der Waals surface area contributed by atoms with Gasteiger partial charge in [-0.3, -0.25) is 0 Å². The van der Waals surface area contributed by atoms with Crippen molar-refractivity contribution in [2.75, 3.05) is 6.54 Å². The number of alkyl halides is 3. The van der Waals surface area contributed by atoms with Crippen molar-refractivity contribution < 1.29 is 21.6 Å². The lowest BCUT2D eigenvalue weighted by molar-refractivity contribution is -0.137. The van der Waals surface area contributed by atoms with Gasteiger partial charge in [-0.05, 0) is 41.0 Å². The second-order valence-electron chi connectivity index (χ2n) is 5.85. The van der Waals surface area contributed by atoms with Crippen LogP contribution in [0.15, 0.2) is 71.6 Å². The van der Waals surface area contributed by atoms with Crippen LogP contribution in [-0.4, -0.2) is 15.0 Å². The molecule has 0 aromatic heterocycles. The van der Waals surface area contributed by atoms with E-state index in [0.717, 1.165) is 22.9 Å². The Kier molecular flexibility index (Phi) is 5.02. The fourth-order valence-electron chi connectivity index (χ4n) is 2.65. The number of hydrogen-bond acceptors (Lipinski definition) is 2. The van der Waals surface area contributed by atoms with Crippen LogP contribution < -0.4 is 4.72 Å². The molecule has 0 bridgehead atoms. The molecular formula is C19H16F3NO2S. The smallest absolute Gasteiger partial charge is 0.211 e. The Hall–Kier alpha value is -2.38. The highest BCUT2D eigenvalue weighted by Gasteiger charge is 2.30. The first-order valence-electron chi connectivity index (χ1n) is 7.90. The second-order valence-corrected chi connectivity index (χ2v) is 7.62. The third kappa shape index (κ3) is 4.23. The first-order chi connectivity index (χ1) is 12.3. The van der Waals surface area contributed by atoms with Gasteiger partial charge in [0.15, 0.2) is 0 Å². The van der Waals surface area contributed by atoms with Crippen LogP contribution in [0.4, 0.5) is 13.2 Å². The quantitative estimate of drug-likeness (QED) is 0.715. The van der Waals surface area contributed by atoms with Gasteiger partial charge >= 0.3 is 6.18 Å². The van der Waals surface area contributed by atoms with Crippen molar-refractivity contribution in [1.82, 2.24) is 4.72 Å². The molecule has 0 aliphatic carbocycles. The standard InChI is InChI=1S/C19H16F3NO2S/c20-19(21,22)17-7-3-4-14(12-17)10-11-23-26(24,25)18-9-8-15-5-1-2-6-16(15)13-18/h1-9,12-13,23H,10-11H2. The molecule has 0 spiro atoms. The first kappa shape index (κ1) is 18.4. The fourth-order valence-corrected chi connectivity index (χ4v) is 3.72. The van der Waals surface area contributed by atoms with Crippen molar-refractivity contribution in [1.29, 1.82) is 0 Å². The highest BCUT2D eigenvalue weighted by molar-refractivity contribution is 7.89. The molecule has 3 rings (SSSR count). The van der Waals surface area contributed by atoms with E-state index in [2.05, 4.69) is 4.72 Å². The molecule has 7 heteroatoms. The fraction of sp³-hybridized carbons (Fsp3) is 0.158. The SMILES string of the molecule is O=S(=O)(NCCc1cccc(C(F)(F)F)c1)c1ccc2ccccc2c1. The van der Waals surface area contributed by atoms with Crippen molar-refractivity contribution in [3.63, 3.8) is 0 Å². The molecule has 0 aliphatic heterocycles. The zero-order valence-corrected chi connectivity index (χ0v) is 14.4. The van der Waals surface area contributed by atoms with E-state index in [1.807, 2.05) is 24.3 Å². The van der Waals surface area contributed by atoms with E-state index in [1.165, 1.54) is 12.1 Å². The van der Waals surface area contributed by atoms with Crippen molar-refractivity contribution in [2.45, 2.75) is 17.5 Å². The Bertz CT molecular complexity index is 1030. The second kappa shape index (κ2) is 7.09. The molecule has 0 saturated heterocycles. The van der Waals surface area contributed by atoms with Gasteiger partial charge in [-0.2, -0.15) is 13.2 Å². The van der Waals surface area contributed by atoms with Gasteiger partial charge in [0.2, 0.25) is 10.0 Å². The summed E-state index contributed by atoms with van der Waals surface area (Å²) >= 11 is 0. The number of fused-ring (bicyclic) bond motifs is 1. The van der Waals surface area contributed by atoms with E-state index in [1.54, 1.807) is 18.2 Å². The number of sulfonamides is 1. The number of halogens is 3. The summed E-state index contributed by atoms with van der Waals surface area (Å²) in [5.74, 6) is 0. The minimum Gasteiger partial charge on any atom is -0.211 e. The number of benzene rings is 3. The molecule has 0 unspecified atom stereocenters. The number of nitrogens with one attached hydrogen (secondary N) is 1. The van der Waals surface area contributed by atoms with E-state index >= 15 is 0 Å². The molecule has 0 radical (unpaired) electrons. The maximum Gasteiger partial charge on any atom is 0.416 e. The van der Waals surface area contributed by atoms with Gasteiger partial charge in [-0.1, -0.05) is 48.5 Å². The molecule has 0 fully saturated rings. The molecular weight excluding hydrogens is 363 g/mol. The van der Waals surface area contributed by atoms with Crippen molar-refractivity contribution in [3.8, 4) is 0 Å². The van der Waals surface area contributed by atoms with Crippen LogP contribution in [0.1, 0.15) is 11.1 Å². The highest BCUT2D eigenvalue weighted by atomic mass is 32.2. The van der Waals surface area contributed by atoms with Crippen molar-refractivity contribution in [3.05, 3.63) is 77.9 Å². The molecule has 136 valence electrons. The predicted octanol–water partition coefficient (Wildman–Crippen LogP) is 4.38. The van der Waals surface area contributed by atoms with Gasteiger partial charge < -0.3 is 0 Å². The molecule has 0 amide bonds. The highest BCUT2D eigenvalue weighted by Crippen LogP contribution is 2.29. The molecule has 3 nitrogen and oxygen atoms in total. The summed E-state index contributed by atoms with van der Waals surface area (Å²) in [7, 11) is -3.73. The van der Waals surface area contributed by atoms with E-state index in [4.69, 9.17) is 0 Å². The Morgan fingerprint density at radius 1 is 0.846 bits per heavy atom. The normalized spacial score (nSPS) is 12.4. The van der Waals surface area contributed by atoms with Gasteiger partial charge in [0, 0.05) is 6.54 Å². The zero-order valence-electron chi connectivity index (χ0n) is 13.6. The summed E-state index contributed by atoms with van der Waals surface area (Å²) in [4.78, 5) is 0.125. The molecule has 0 atom stereocenters. The van der Waals surface area contributed by atoms with Crippen LogP contribution >= 0.6 is 0 Å². The lowest BCUT2D eigenvalue weighted by Crippen LogP contribution is -2.26. The number of hydrogen-bond donors (Lipinski definition) is 1. The maximum absolute atomic E-state index is 12.7. The average molecular weight is 379 g/mol. The Labute approximate surface area is 149 Å². The van der Waals surface area contributed by atoms with Crippen LogP contribution in [0.25, 0.3) is 10.8 Å². The summed E-state index contributed by atoms with van der Waals surface area (Å²) < 4.78 is 65.4. The van der Waals surface area contributed by atoms with Crippen LogP contribution in [0, 0.1) is 0 Å². The van der Waals surface area contributed by atoms with Crippen LogP contribution in [-0.2, 0) is 22.6 Å². The molecule has 3 aromatic rings. The third-order valence-electron chi connectivity index (χ3n) is 3.99. The monoisotopic (exact) mass is 379 g/mol. The summed E-state index contributed by atoms with van der Waals surface area (Å²) in [5, 5.41) is 1.73. The molecule has 0 aliphatic rings. The first-order valence-corrected chi connectivity index (χ1v) is 9.39. The van der Waals surface area contributed by atoms with E-state index in [-0.39, 0.29) is 17.9 Å². The predicted molar refractivity (Wildman–Crippen MR) is 94.3 cm³/mol. The third-order valence-corrected chi connectivity index (χ3v) is 5.45. The van der Waals surface area contributed by atoms with Gasteiger partial charge in [0.1, 0.15) is 0 Å². The Morgan fingerprint density at radius 2 is 1.58 bits per heavy atom. The van der Waals surface area contributed by atoms with Gasteiger partial charge in [-0.15, -0.1) is 0 Å². The summed E-state index contributed by atoms with van der Waals surface area (Å²) in [5.41, 5.74) is -0.326. The minimum absolute atomic E-state index is 0.0104. The van der Waals surface area contributed by atoms with E-state index < -0.39 is 21.8 Å². The lowest BCUT2D eigenvalue weighted by Gasteiger charge is -2.10. The summed E-state index contributed by atoms with van der Waals surface area (Å²) in [6, 6.07) is 17.1. The lowest BCUT2D eigenvalue weighted by atomic mass is 10.1. The Morgan fingerprint density at radius 3 is 2.31 bits per heavy atom. The summed E-state index contributed by atoms with van der Waals surface area (Å²) in [6.45, 7) is 0.0104. The molecule has 3 aromatic carbocycles. The van der Waals surface area contributed by atoms with Gasteiger partial charge in [0.25, 0.3) is 0 Å². The minimum atomic E-state index is -4.42. The van der Waals surface area contributed by atoms with Crippen molar-refractivity contribution in [2.24, 2.45) is 0 Å². The van der Waals surface area contributed by atoms with E-state index in [9.17, 15) is 21.6 Å². The van der Waals surface area contributed by atoms with Gasteiger partial charge in [-0.25, -0.2) is 13.1 Å². The Balaban J connectivity index is 1.70. The average Bonchev–Trinajstić information content (AvgIpc) is 2.61. The number of rotatable bonds is 5. The van der Waals surface area contributed by atoms with E-state index in [0.29, 0.717) is 5.56 Å². The van der Waals surface area contributed by atoms with Crippen LogP contribution in [0.3, 0.4) is 0 Å². The zero-order chi connectivity index (χ0) is 18.8. The van der Waals surface area contributed by atoms with Crippen LogP contribution in [0.5, 0.6) is 0 Å². The maximum atomic E-state index is 12.7. The topological polar surface area (TPSA) is 46.2 Å². The molecule has 0 heterocycles. The molecule has 26 heavy (non-hydrogen) atoms. The van der Waals surface area contributed by atoms with Gasteiger partial charge in [0.05, 0.1) is 10.5 Å². The summed E-state index contributed by atoms with van der Waals surface area (Å²) in [6.07, 6.45) is -4.25. The van der Waals surface area contributed by atoms with Crippen LogP contribution in [0.2, 0.25) is 0 Å².